The zero-order valence-corrected chi connectivity index (χ0v) is 29.4. The number of anilines is 4. The van der Waals surface area contributed by atoms with Crippen LogP contribution in [0.1, 0.15) is 50.5 Å². The highest BCUT2D eigenvalue weighted by Gasteiger charge is 2.51. The molecule has 0 unspecified atom stereocenters. The number of carbonyl (C=O) groups excluding carboxylic acids is 2. The number of ether oxygens (including phenoxy) is 1. The van der Waals surface area contributed by atoms with Gasteiger partial charge in [-0.15, -0.1) is 0 Å². The van der Waals surface area contributed by atoms with Crippen LogP contribution in [0.2, 0.25) is 0 Å². The van der Waals surface area contributed by atoms with Gasteiger partial charge >= 0.3 is 0 Å². The van der Waals surface area contributed by atoms with Gasteiger partial charge in [0.25, 0.3) is 5.56 Å². The largest absolute Gasteiger partial charge is 0.494 e. The van der Waals surface area contributed by atoms with Crippen LogP contribution in [-0.4, -0.2) is 71.1 Å². The lowest BCUT2D eigenvalue weighted by Crippen LogP contribution is -2.52. The summed E-state index contributed by atoms with van der Waals surface area (Å²) in [6.07, 6.45) is 10.4. The highest BCUT2D eigenvalue weighted by atomic mass is 16.5. The fraction of sp³-hybridized carbons (Fsp3) is 0.462. The van der Waals surface area contributed by atoms with Crippen molar-refractivity contribution in [1.82, 2.24) is 19.4 Å². The van der Waals surface area contributed by atoms with Crippen molar-refractivity contribution in [3.05, 3.63) is 70.6 Å². The number of nitrogens with one attached hydrogen (secondary N) is 2. The van der Waals surface area contributed by atoms with E-state index < -0.39 is 0 Å². The molecule has 4 aliphatic carbocycles. The van der Waals surface area contributed by atoms with E-state index in [4.69, 9.17) is 15.5 Å². The second-order valence-corrected chi connectivity index (χ2v) is 15.2. The maximum absolute atomic E-state index is 13.6. The van der Waals surface area contributed by atoms with Crippen molar-refractivity contribution in [1.29, 1.82) is 0 Å². The Kier molecular flexibility index (Phi) is 8.65. The lowest BCUT2D eigenvalue weighted by molar-refractivity contribution is -0.139. The van der Waals surface area contributed by atoms with Crippen LogP contribution < -0.4 is 31.6 Å². The Morgan fingerprint density at radius 3 is 2.37 bits per heavy atom. The standard InChI is InChI=1S/C39H46N8O4/c1-24-12-35(49)47(30-5-3-4-28(16-30)42-34(48)22-40)37-31(24)23-41-38(44-37)43-32-7-6-29(17-33(32)51-2)45-8-10-46(11-9-45)36(50)21-39-18-25-13-26(19-39)15-27(14-25)20-39/h3-7,12,16-17,23,25-27H,8-11,13-15,18-22,40H2,1-2H3,(H,42,48)(H,41,43,44). The quantitative estimate of drug-likeness (QED) is 0.221. The molecule has 51 heavy (non-hydrogen) atoms. The van der Waals surface area contributed by atoms with Crippen LogP contribution in [0, 0.1) is 30.1 Å². The Balaban J connectivity index is 0.971. The summed E-state index contributed by atoms with van der Waals surface area (Å²) in [7, 11) is 1.63. The third-order valence-corrected chi connectivity index (χ3v) is 11.7. The number of hydrogen-bond donors (Lipinski definition) is 3. The minimum Gasteiger partial charge on any atom is -0.494 e. The summed E-state index contributed by atoms with van der Waals surface area (Å²) in [4.78, 5) is 52.5. The lowest BCUT2D eigenvalue weighted by atomic mass is 9.49. The van der Waals surface area contributed by atoms with E-state index in [1.54, 1.807) is 43.6 Å². The van der Waals surface area contributed by atoms with E-state index in [9.17, 15) is 14.4 Å². The molecule has 4 N–H and O–H groups in total. The van der Waals surface area contributed by atoms with E-state index in [1.165, 1.54) is 43.1 Å². The molecule has 3 heterocycles. The van der Waals surface area contributed by atoms with E-state index in [2.05, 4.69) is 25.4 Å². The minimum absolute atomic E-state index is 0.149. The SMILES string of the molecule is COc1cc(N2CCN(C(=O)CC34CC5CC(CC(C5)C3)C4)CC2)ccc1Nc1ncc2c(C)cc(=O)n(-c3cccc(NC(=O)CN)c3)c2n1. The molecule has 4 saturated carbocycles. The van der Waals surface area contributed by atoms with Crippen molar-refractivity contribution in [2.45, 2.75) is 51.9 Å². The highest BCUT2D eigenvalue weighted by molar-refractivity contribution is 5.92. The maximum atomic E-state index is 13.6. The first-order valence-corrected chi connectivity index (χ1v) is 18.2. The number of methoxy groups -OCH3 is 1. The average Bonchev–Trinajstić information content (AvgIpc) is 3.11. The van der Waals surface area contributed by atoms with Gasteiger partial charge in [0.1, 0.15) is 5.75 Å². The second kappa shape index (κ2) is 13.3. The van der Waals surface area contributed by atoms with Gasteiger partial charge < -0.3 is 30.9 Å². The summed E-state index contributed by atoms with van der Waals surface area (Å²) >= 11 is 0. The molecule has 266 valence electrons. The Morgan fingerprint density at radius 2 is 1.69 bits per heavy atom. The van der Waals surface area contributed by atoms with Gasteiger partial charge in [-0.3, -0.25) is 19.0 Å². The van der Waals surface area contributed by atoms with Crippen LogP contribution in [0.15, 0.2) is 59.5 Å². The molecule has 5 aliphatic rings. The molecular formula is C39H46N8O4. The number of amides is 2. The van der Waals surface area contributed by atoms with Gasteiger partial charge in [-0.1, -0.05) is 6.07 Å². The molecule has 2 aromatic heterocycles. The third kappa shape index (κ3) is 6.53. The van der Waals surface area contributed by atoms with Crippen molar-refractivity contribution in [3.8, 4) is 11.4 Å². The molecule has 2 aromatic carbocycles. The Morgan fingerprint density at radius 1 is 0.961 bits per heavy atom. The Hall–Kier alpha value is -4.97. The van der Waals surface area contributed by atoms with Gasteiger partial charge in [-0.05, 0) is 105 Å². The summed E-state index contributed by atoms with van der Waals surface area (Å²) in [6.45, 7) is 4.69. The van der Waals surface area contributed by atoms with Crippen LogP contribution in [0.5, 0.6) is 5.75 Å². The van der Waals surface area contributed by atoms with Crippen LogP contribution in [0.25, 0.3) is 16.7 Å². The Bertz CT molecular complexity index is 2020. The first-order valence-electron chi connectivity index (χ1n) is 18.2. The fourth-order valence-corrected chi connectivity index (χ4v) is 9.75. The van der Waals surface area contributed by atoms with Crippen molar-refractivity contribution in [2.75, 3.05) is 55.4 Å². The van der Waals surface area contributed by atoms with Gasteiger partial charge in [-0.25, -0.2) is 4.98 Å². The minimum atomic E-state index is -0.332. The van der Waals surface area contributed by atoms with Crippen LogP contribution in [0.3, 0.4) is 0 Å². The zero-order chi connectivity index (χ0) is 35.3. The topological polar surface area (TPSA) is 148 Å². The van der Waals surface area contributed by atoms with Crippen molar-refractivity contribution < 1.29 is 14.3 Å². The number of carbonyl (C=O) groups is 2. The number of piperazine rings is 1. The molecule has 0 radical (unpaired) electrons. The summed E-state index contributed by atoms with van der Waals surface area (Å²) in [6, 6.07) is 14.5. The molecule has 4 aromatic rings. The zero-order valence-electron chi connectivity index (χ0n) is 29.4. The number of aryl methyl sites for hydroxylation is 1. The first kappa shape index (κ1) is 33.2. The molecular weight excluding hydrogens is 644 g/mol. The summed E-state index contributed by atoms with van der Waals surface area (Å²) in [5, 5.41) is 6.74. The molecule has 4 bridgehead atoms. The Labute approximate surface area is 297 Å². The molecule has 1 saturated heterocycles. The summed E-state index contributed by atoms with van der Waals surface area (Å²) in [5.74, 6) is 3.50. The van der Waals surface area contributed by atoms with Crippen molar-refractivity contribution >= 4 is 45.9 Å². The summed E-state index contributed by atoms with van der Waals surface area (Å²) < 4.78 is 7.31. The number of fused-ring (bicyclic) bond motifs is 1. The third-order valence-electron chi connectivity index (χ3n) is 11.7. The van der Waals surface area contributed by atoms with Crippen molar-refractivity contribution in [2.24, 2.45) is 28.9 Å². The predicted molar refractivity (Wildman–Crippen MR) is 198 cm³/mol. The van der Waals surface area contributed by atoms with Gasteiger partial charge in [0.05, 0.1) is 25.0 Å². The lowest BCUT2D eigenvalue weighted by Gasteiger charge is -2.57. The monoisotopic (exact) mass is 690 g/mol. The maximum Gasteiger partial charge on any atom is 0.257 e. The molecule has 0 atom stereocenters. The van der Waals surface area contributed by atoms with Crippen LogP contribution >= 0.6 is 0 Å². The average molecular weight is 691 g/mol. The van der Waals surface area contributed by atoms with E-state index in [0.717, 1.165) is 67.0 Å². The van der Waals surface area contributed by atoms with Crippen molar-refractivity contribution in [3.63, 3.8) is 0 Å². The number of rotatable bonds is 9. The van der Waals surface area contributed by atoms with E-state index in [0.29, 0.717) is 40.3 Å². The van der Waals surface area contributed by atoms with Crippen LogP contribution in [-0.2, 0) is 9.59 Å². The second-order valence-electron chi connectivity index (χ2n) is 15.2. The van der Waals surface area contributed by atoms with Gasteiger partial charge in [-0.2, -0.15) is 4.98 Å². The normalized spacial score (nSPS) is 23.8. The molecule has 2 amide bonds. The van der Waals surface area contributed by atoms with Gasteiger partial charge in [0.15, 0.2) is 5.65 Å². The van der Waals surface area contributed by atoms with Gasteiger partial charge in [0.2, 0.25) is 17.8 Å². The molecule has 5 fully saturated rings. The molecule has 0 spiro atoms. The fourth-order valence-electron chi connectivity index (χ4n) is 9.75. The first-order chi connectivity index (χ1) is 24.7. The number of aromatic nitrogens is 3. The molecule has 12 heteroatoms. The predicted octanol–water partition coefficient (Wildman–Crippen LogP) is 4.99. The number of benzene rings is 2. The number of pyridine rings is 1. The number of nitrogens with two attached hydrogens (primary N) is 1. The van der Waals surface area contributed by atoms with E-state index in [1.807, 2.05) is 25.1 Å². The van der Waals surface area contributed by atoms with Gasteiger partial charge in [0, 0.05) is 67.7 Å². The van der Waals surface area contributed by atoms with Crippen LogP contribution in [0.4, 0.5) is 23.0 Å². The van der Waals surface area contributed by atoms with E-state index >= 15 is 0 Å². The number of nitrogens with zero attached hydrogens (tertiary/aromatic N) is 5. The molecule has 12 nitrogen and oxygen atoms in total. The molecule has 1 aliphatic heterocycles. The smallest absolute Gasteiger partial charge is 0.257 e. The highest BCUT2D eigenvalue weighted by Crippen LogP contribution is 2.61. The number of hydrogen-bond acceptors (Lipinski definition) is 9. The summed E-state index contributed by atoms with van der Waals surface area (Å²) in [5.41, 5.74) is 9.41. The van der Waals surface area contributed by atoms with E-state index in [-0.39, 0.29) is 23.4 Å². The molecule has 9 rings (SSSR count).